The highest BCUT2D eigenvalue weighted by Crippen LogP contribution is 2.16. The molecule has 2 aromatic rings. The number of nitrogens with zero attached hydrogens (tertiary/aromatic N) is 2. The van der Waals surface area contributed by atoms with E-state index in [9.17, 15) is 4.79 Å². The number of aromatic nitrogens is 1. The lowest BCUT2D eigenvalue weighted by molar-refractivity contribution is 0.0695. The molecule has 4 heteroatoms. The smallest absolute Gasteiger partial charge is 0.337 e. The summed E-state index contributed by atoms with van der Waals surface area (Å²) in [7, 11) is 1.95. The molecule has 0 aliphatic rings. The first-order valence-corrected chi connectivity index (χ1v) is 6.45. The van der Waals surface area contributed by atoms with Crippen LogP contribution >= 0.6 is 0 Å². The summed E-state index contributed by atoms with van der Waals surface area (Å²) in [6, 6.07) is 11.6. The predicted molar refractivity (Wildman–Crippen MR) is 79.2 cm³/mol. The van der Waals surface area contributed by atoms with E-state index >= 15 is 0 Å². The summed E-state index contributed by atoms with van der Waals surface area (Å²) in [5.41, 5.74) is 3.21. The molecule has 0 radical (unpaired) electrons. The normalized spacial score (nSPS) is 10.3. The molecule has 2 rings (SSSR count). The van der Waals surface area contributed by atoms with Crippen molar-refractivity contribution in [2.75, 3.05) is 11.9 Å². The summed E-state index contributed by atoms with van der Waals surface area (Å²) < 4.78 is 0. The van der Waals surface area contributed by atoms with Gasteiger partial charge in [-0.2, -0.15) is 0 Å². The fourth-order valence-electron chi connectivity index (χ4n) is 2.15. The van der Waals surface area contributed by atoms with Gasteiger partial charge in [0.2, 0.25) is 0 Å². The van der Waals surface area contributed by atoms with Gasteiger partial charge in [0, 0.05) is 13.6 Å². The Hall–Kier alpha value is -2.36. The molecular weight excluding hydrogens is 252 g/mol. The van der Waals surface area contributed by atoms with E-state index in [1.165, 1.54) is 11.1 Å². The average molecular weight is 270 g/mol. The fraction of sp³-hybridized carbons (Fsp3) is 0.250. The molecular formula is C16H18N2O2. The second-order valence-corrected chi connectivity index (χ2v) is 4.95. The van der Waals surface area contributed by atoms with Crippen LogP contribution in [0.1, 0.15) is 27.2 Å². The Morgan fingerprint density at radius 3 is 2.60 bits per heavy atom. The van der Waals surface area contributed by atoms with Gasteiger partial charge in [0.25, 0.3) is 0 Å². The third-order valence-corrected chi connectivity index (χ3v) is 3.19. The van der Waals surface area contributed by atoms with Crippen molar-refractivity contribution in [2.24, 2.45) is 0 Å². The Morgan fingerprint density at radius 1 is 1.25 bits per heavy atom. The van der Waals surface area contributed by atoms with Crippen molar-refractivity contribution in [3.63, 3.8) is 0 Å². The van der Waals surface area contributed by atoms with Gasteiger partial charge in [-0.15, -0.1) is 0 Å². The Kier molecular flexibility index (Phi) is 4.03. The number of pyridine rings is 1. The molecule has 0 fully saturated rings. The van der Waals surface area contributed by atoms with Crippen molar-refractivity contribution in [2.45, 2.75) is 20.4 Å². The standard InChI is InChI=1S/C16H18N2O2/c1-11-5-4-6-13(9-11)10-18(3)15-8-7-14(16(19)20)12(2)17-15/h4-9H,10H2,1-3H3,(H,19,20). The highest BCUT2D eigenvalue weighted by Gasteiger charge is 2.11. The number of carboxylic acids is 1. The number of rotatable bonds is 4. The quantitative estimate of drug-likeness (QED) is 0.927. The number of carboxylic acid groups (broad SMARTS) is 1. The van der Waals surface area contributed by atoms with Gasteiger partial charge < -0.3 is 10.0 Å². The molecule has 104 valence electrons. The summed E-state index contributed by atoms with van der Waals surface area (Å²) in [5, 5.41) is 9.01. The van der Waals surface area contributed by atoms with E-state index in [0.717, 1.165) is 12.4 Å². The Morgan fingerprint density at radius 2 is 2.00 bits per heavy atom. The maximum atomic E-state index is 11.0. The van der Waals surface area contributed by atoms with E-state index in [0.29, 0.717) is 5.69 Å². The van der Waals surface area contributed by atoms with Gasteiger partial charge in [-0.1, -0.05) is 29.8 Å². The largest absolute Gasteiger partial charge is 0.478 e. The molecule has 0 saturated heterocycles. The van der Waals surface area contributed by atoms with E-state index in [-0.39, 0.29) is 5.56 Å². The molecule has 0 unspecified atom stereocenters. The number of hydrogen-bond acceptors (Lipinski definition) is 3. The third-order valence-electron chi connectivity index (χ3n) is 3.19. The molecule has 0 atom stereocenters. The number of carbonyl (C=O) groups is 1. The van der Waals surface area contributed by atoms with Gasteiger partial charge in [0.15, 0.2) is 0 Å². The minimum Gasteiger partial charge on any atom is -0.478 e. The van der Waals surface area contributed by atoms with Crippen LogP contribution in [0.4, 0.5) is 5.82 Å². The predicted octanol–water partition coefficient (Wildman–Crippen LogP) is 3.03. The molecule has 0 amide bonds. The first-order valence-electron chi connectivity index (χ1n) is 6.45. The molecule has 20 heavy (non-hydrogen) atoms. The van der Waals surface area contributed by atoms with E-state index in [2.05, 4.69) is 30.1 Å². The second kappa shape index (κ2) is 5.74. The Bertz CT molecular complexity index is 638. The highest BCUT2D eigenvalue weighted by atomic mass is 16.4. The Labute approximate surface area is 118 Å². The molecule has 0 saturated carbocycles. The molecule has 1 heterocycles. The lowest BCUT2D eigenvalue weighted by Crippen LogP contribution is -2.18. The lowest BCUT2D eigenvalue weighted by atomic mass is 10.1. The lowest BCUT2D eigenvalue weighted by Gasteiger charge is -2.19. The summed E-state index contributed by atoms with van der Waals surface area (Å²) in [6.45, 7) is 4.52. The summed E-state index contributed by atoms with van der Waals surface area (Å²) >= 11 is 0. The third kappa shape index (κ3) is 3.15. The molecule has 0 aliphatic heterocycles. The van der Waals surface area contributed by atoms with Gasteiger partial charge in [-0.05, 0) is 31.5 Å². The van der Waals surface area contributed by atoms with E-state index in [1.54, 1.807) is 19.1 Å². The fourth-order valence-corrected chi connectivity index (χ4v) is 2.15. The number of aromatic carboxylic acids is 1. The maximum absolute atomic E-state index is 11.0. The molecule has 1 aromatic carbocycles. The van der Waals surface area contributed by atoms with Gasteiger partial charge >= 0.3 is 5.97 Å². The molecule has 1 aromatic heterocycles. The van der Waals surface area contributed by atoms with Crippen LogP contribution in [0.2, 0.25) is 0 Å². The average Bonchev–Trinajstić information content (AvgIpc) is 2.38. The minimum absolute atomic E-state index is 0.248. The Balaban J connectivity index is 2.19. The van der Waals surface area contributed by atoms with Gasteiger partial charge in [-0.3, -0.25) is 0 Å². The van der Waals surface area contributed by atoms with E-state index in [1.807, 2.05) is 18.0 Å². The minimum atomic E-state index is -0.942. The van der Waals surface area contributed by atoms with Crippen LogP contribution in [0, 0.1) is 13.8 Å². The summed E-state index contributed by atoms with van der Waals surface area (Å²) in [5.74, 6) is -0.170. The van der Waals surface area contributed by atoms with Crippen LogP contribution in [0.25, 0.3) is 0 Å². The van der Waals surface area contributed by atoms with Gasteiger partial charge in [0.1, 0.15) is 5.82 Å². The monoisotopic (exact) mass is 270 g/mol. The number of hydrogen-bond donors (Lipinski definition) is 1. The SMILES string of the molecule is Cc1cccc(CN(C)c2ccc(C(=O)O)c(C)n2)c1. The zero-order valence-electron chi connectivity index (χ0n) is 11.9. The van der Waals surface area contributed by atoms with E-state index in [4.69, 9.17) is 5.11 Å². The van der Waals surface area contributed by atoms with Crippen LogP contribution in [-0.2, 0) is 6.54 Å². The number of anilines is 1. The maximum Gasteiger partial charge on any atom is 0.337 e. The zero-order chi connectivity index (χ0) is 14.7. The molecule has 1 N–H and O–H groups in total. The van der Waals surface area contributed by atoms with Crippen molar-refractivity contribution >= 4 is 11.8 Å². The van der Waals surface area contributed by atoms with Crippen LogP contribution < -0.4 is 4.90 Å². The second-order valence-electron chi connectivity index (χ2n) is 4.95. The first kappa shape index (κ1) is 14.1. The van der Waals surface area contributed by atoms with Gasteiger partial charge in [0.05, 0.1) is 11.3 Å². The number of aryl methyl sites for hydroxylation is 2. The van der Waals surface area contributed by atoms with Crippen LogP contribution in [0.3, 0.4) is 0 Å². The van der Waals surface area contributed by atoms with Crippen molar-refractivity contribution in [3.05, 3.63) is 58.8 Å². The first-order chi connectivity index (χ1) is 9.47. The van der Waals surface area contributed by atoms with Crippen molar-refractivity contribution < 1.29 is 9.90 Å². The van der Waals surface area contributed by atoms with E-state index < -0.39 is 5.97 Å². The molecule has 0 spiro atoms. The van der Waals surface area contributed by atoms with Crippen LogP contribution in [-0.4, -0.2) is 23.1 Å². The highest BCUT2D eigenvalue weighted by molar-refractivity contribution is 5.89. The molecule has 0 aliphatic carbocycles. The van der Waals surface area contributed by atoms with Crippen molar-refractivity contribution in [1.82, 2.24) is 4.98 Å². The molecule has 0 bridgehead atoms. The summed E-state index contributed by atoms with van der Waals surface area (Å²) in [6.07, 6.45) is 0. The van der Waals surface area contributed by atoms with Crippen molar-refractivity contribution in [1.29, 1.82) is 0 Å². The number of benzene rings is 1. The topological polar surface area (TPSA) is 53.4 Å². The summed E-state index contributed by atoms with van der Waals surface area (Å²) in [4.78, 5) is 17.3. The molecule has 4 nitrogen and oxygen atoms in total. The van der Waals surface area contributed by atoms with Crippen molar-refractivity contribution in [3.8, 4) is 0 Å². The van der Waals surface area contributed by atoms with Crippen LogP contribution in [0.5, 0.6) is 0 Å². The van der Waals surface area contributed by atoms with Crippen LogP contribution in [0.15, 0.2) is 36.4 Å². The zero-order valence-corrected chi connectivity index (χ0v) is 11.9. The van der Waals surface area contributed by atoms with Gasteiger partial charge in [-0.25, -0.2) is 9.78 Å².